The molecule has 0 N–H and O–H groups in total. The molecule has 0 aliphatic rings. The van der Waals surface area contributed by atoms with Gasteiger partial charge in [-0.1, -0.05) is 29.9 Å². The lowest BCUT2D eigenvalue weighted by Crippen LogP contribution is -1.92. The molecular formula is C8H6ClFS. The number of hydrogen-bond acceptors (Lipinski definition) is 1. The highest BCUT2D eigenvalue weighted by atomic mass is 35.5. The smallest absolute Gasteiger partial charge is 0.123 e. The molecule has 0 atom stereocenters. The number of hydrogen-bond donors (Lipinski definition) is 0. The van der Waals surface area contributed by atoms with Crippen molar-refractivity contribution in [3.63, 3.8) is 0 Å². The van der Waals surface area contributed by atoms with Crippen molar-refractivity contribution in [2.45, 2.75) is 6.92 Å². The molecule has 0 nitrogen and oxygen atoms in total. The lowest BCUT2D eigenvalue weighted by atomic mass is 10.1. The Morgan fingerprint density at radius 2 is 2.18 bits per heavy atom. The summed E-state index contributed by atoms with van der Waals surface area (Å²) in [5, 5.41) is 0. The van der Waals surface area contributed by atoms with E-state index in [1.54, 1.807) is 6.07 Å². The third-order valence-electron chi connectivity index (χ3n) is 1.41. The highest BCUT2D eigenvalue weighted by Gasteiger charge is 2.02. The molecule has 1 aromatic carbocycles. The minimum absolute atomic E-state index is 0.210. The number of aryl methyl sites for hydroxylation is 1. The largest absolute Gasteiger partial charge is 0.207 e. The van der Waals surface area contributed by atoms with Crippen molar-refractivity contribution in [1.29, 1.82) is 0 Å². The SMILES string of the molecule is Cc1ccc(F)cc1C(=S)Cl. The molecule has 0 fully saturated rings. The van der Waals surface area contributed by atoms with Crippen LogP contribution in [0.1, 0.15) is 11.1 Å². The van der Waals surface area contributed by atoms with Gasteiger partial charge in [-0.2, -0.15) is 0 Å². The first-order valence-electron chi connectivity index (χ1n) is 3.07. The zero-order valence-electron chi connectivity index (χ0n) is 5.90. The Hall–Kier alpha value is -0.470. The molecule has 0 aliphatic carbocycles. The van der Waals surface area contributed by atoms with Crippen LogP contribution in [0.3, 0.4) is 0 Å². The second-order valence-electron chi connectivity index (χ2n) is 2.23. The zero-order chi connectivity index (χ0) is 8.43. The van der Waals surface area contributed by atoms with Gasteiger partial charge in [0.05, 0.1) is 0 Å². The van der Waals surface area contributed by atoms with Gasteiger partial charge in [-0.05, 0) is 24.6 Å². The molecule has 0 unspecified atom stereocenters. The fraction of sp³-hybridized carbons (Fsp3) is 0.125. The molecule has 0 amide bonds. The van der Waals surface area contributed by atoms with E-state index < -0.39 is 0 Å². The summed E-state index contributed by atoms with van der Waals surface area (Å²) in [7, 11) is 0. The molecule has 1 rings (SSSR count). The van der Waals surface area contributed by atoms with Crippen LogP contribution >= 0.6 is 23.8 Å². The highest BCUT2D eigenvalue weighted by Crippen LogP contribution is 2.13. The summed E-state index contributed by atoms with van der Waals surface area (Å²) in [6.45, 7) is 1.84. The van der Waals surface area contributed by atoms with E-state index >= 15 is 0 Å². The first-order chi connectivity index (χ1) is 5.11. The van der Waals surface area contributed by atoms with Crippen molar-refractivity contribution in [3.8, 4) is 0 Å². The summed E-state index contributed by atoms with van der Waals surface area (Å²) in [5.41, 5.74) is 1.49. The Kier molecular flexibility index (Phi) is 2.58. The van der Waals surface area contributed by atoms with Gasteiger partial charge in [-0.15, -0.1) is 0 Å². The van der Waals surface area contributed by atoms with Crippen molar-refractivity contribution >= 4 is 28.1 Å². The fourth-order valence-corrected chi connectivity index (χ4v) is 1.23. The van der Waals surface area contributed by atoms with Crippen LogP contribution in [-0.2, 0) is 0 Å². The van der Waals surface area contributed by atoms with Gasteiger partial charge in [0.15, 0.2) is 0 Å². The van der Waals surface area contributed by atoms with Crippen LogP contribution in [0, 0.1) is 12.7 Å². The van der Waals surface area contributed by atoms with E-state index in [-0.39, 0.29) is 10.1 Å². The van der Waals surface area contributed by atoms with Crippen LogP contribution in [-0.4, -0.2) is 4.32 Å². The Bertz CT molecular complexity index is 296. The number of benzene rings is 1. The van der Waals surface area contributed by atoms with Crippen LogP contribution in [0.2, 0.25) is 0 Å². The van der Waals surface area contributed by atoms with E-state index in [0.717, 1.165) is 5.56 Å². The predicted octanol–water partition coefficient (Wildman–Crippen LogP) is 3.05. The van der Waals surface area contributed by atoms with E-state index in [4.69, 9.17) is 23.8 Å². The topological polar surface area (TPSA) is 0 Å². The maximum atomic E-state index is 12.6. The van der Waals surface area contributed by atoms with E-state index in [1.165, 1.54) is 12.1 Å². The second kappa shape index (κ2) is 3.28. The number of thiocarbonyl (C=S) groups is 1. The summed E-state index contributed by atoms with van der Waals surface area (Å²) < 4.78 is 12.8. The molecule has 0 aromatic heterocycles. The molecule has 0 radical (unpaired) electrons. The first kappa shape index (κ1) is 8.62. The summed E-state index contributed by atoms with van der Waals surface area (Å²) in [6, 6.07) is 4.37. The average Bonchev–Trinajstić information content (AvgIpc) is 1.94. The van der Waals surface area contributed by atoms with Crippen LogP contribution in [0.25, 0.3) is 0 Å². The van der Waals surface area contributed by atoms with Crippen LogP contribution < -0.4 is 0 Å². The van der Waals surface area contributed by atoms with Gasteiger partial charge in [-0.25, -0.2) is 4.39 Å². The van der Waals surface area contributed by atoms with E-state index in [9.17, 15) is 4.39 Å². The Balaban J connectivity index is 3.23. The van der Waals surface area contributed by atoms with Crippen LogP contribution in [0.5, 0.6) is 0 Å². The maximum absolute atomic E-state index is 12.6. The molecule has 0 aliphatic heterocycles. The molecule has 0 saturated heterocycles. The maximum Gasteiger partial charge on any atom is 0.123 e. The van der Waals surface area contributed by atoms with E-state index in [2.05, 4.69) is 0 Å². The summed E-state index contributed by atoms with van der Waals surface area (Å²) in [5.74, 6) is -0.311. The summed E-state index contributed by atoms with van der Waals surface area (Å²) in [4.78, 5) is 0. The first-order valence-corrected chi connectivity index (χ1v) is 3.86. The molecule has 3 heteroatoms. The molecule has 0 heterocycles. The summed E-state index contributed by atoms with van der Waals surface area (Å²) in [6.07, 6.45) is 0. The van der Waals surface area contributed by atoms with Gasteiger partial charge in [-0.3, -0.25) is 0 Å². The van der Waals surface area contributed by atoms with Gasteiger partial charge < -0.3 is 0 Å². The number of halogens is 2. The molecular weight excluding hydrogens is 183 g/mol. The minimum Gasteiger partial charge on any atom is -0.207 e. The van der Waals surface area contributed by atoms with Gasteiger partial charge in [0.1, 0.15) is 10.1 Å². The van der Waals surface area contributed by atoms with Crippen molar-refractivity contribution in [2.24, 2.45) is 0 Å². The van der Waals surface area contributed by atoms with Crippen molar-refractivity contribution in [3.05, 3.63) is 35.1 Å². The molecule has 11 heavy (non-hydrogen) atoms. The lowest BCUT2D eigenvalue weighted by Gasteiger charge is -2.00. The Labute approximate surface area is 75.0 Å². The van der Waals surface area contributed by atoms with Crippen LogP contribution in [0.4, 0.5) is 4.39 Å². The Morgan fingerprint density at radius 3 is 2.64 bits per heavy atom. The number of rotatable bonds is 1. The zero-order valence-corrected chi connectivity index (χ0v) is 7.47. The molecule has 0 spiro atoms. The molecule has 0 saturated carbocycles. The Morgan fingerprint density at radius 1 is 1.55 bits per heavy atom. The standard InChI is InChI=1S/C8H6ClFS/c1-5-2-3-6(10)4-7(5)8(9)11/h2-4H,1H3. The predicted molar refractivity (Wildman–Crippen MR) is 48.7 cm³/mol. The average molecular weight is 189 g/mol. The third-order valence-corrected chi connectivity index (χ3v) is 1.83. The van der Waals surface area contributed by atoms with E-state index in [1.807, 2.05) is 6.92 Å². The van der Waals surface area contributed by atoms with Gasteiger partial charge in [0.2, 0.25) is 0 Å². The minimum atomic E-state index is -0.311. The summed E-state index contributed by atoms with van der Waals surface area (Å²) >= 11 is 10.3. The van der Waals surface area contributed by atoms with Gasteiger partial charge >= 0.3 is 0 Å². The fourth-order valence-electron chi connectivity index (χ4n) is 0.806. The molecule has 0 bridgehead atoms. The van der Waals surface area contributed by atoms with Gasteiger partial charge in [0.25, 0.3) is 0 Å². The van der Waals surface area contributed by atoms with Crippen molar-refractivity contribution in [2.75, 3.05) is 0 Å². The van der Waals surface area contributed by atoms with Crippen molar-refractivity contribution < 1.29 is 4.39 Å². The van der Waals surface area contributed by atoms with E-state index in [0.29, 0.717) is 5.56 Å². The third kappa shape index (κ3) is 1.98. The molecule has 1 aromatic rings. The second-order valence-corrected chi connectivity index (χ2v) is 3.24. The molecule has 58 valence electrons. The van der Waals surface area contributed by atoms with Crippen molar-refractivity contribution in [1.82, 2.24) is 0 Å². The lowest BCUT2D eigenvalue weighted by molar-refractivity contribution is 0.627. The van der Waals surface area contributed by atoms with Crippen LogP contribution in [0.15, 0.2) is 18.2 Å². The monoisotopic (exact) mass is 188 g/mol. The highest BCUT2D eigenvalue weighted by molar-refractivity contribution is 7.83. The van der Waals surface area contributed by atoms with Gasteiger partial charge in [0, 0.05) is 5.56 Å². The normalized spacial score (nSPS) is 9.73. The quantitative estimate of drug-likeness (QED) is 0.482.